The Hall–Kier alpha value is 0.720. The van der Waals surface area contributed by atoms with E-state index < -0.39 is 0 Å². The van der Waals surface area contributed by atoms with E-state index in [-0.39, 0.29) is 12.4 Å². The van der Waals surface area contributed by atoms with Crippen LogP contribution < -0.4 is 0 Å². The zero-order chi connectivity index (χ0) is 8.69. The maximum Gasteiger partial charge on any atom is -0.0328 e. The van der Waals surface area contributed by atoms with Crippen molar-refractivity contribution in [3.05, 3.63) is 0 Å². The monoisotopic (exact) mass is 210 g/mol. The van der Waals surface area contributed by atoms with Gasteiger partial charge < -0.3 is 0 Å². The Morgan fingerprint density at radius 3 is 1.50 bits per heavy atom. The summed E-state index contributed by atoms with van der Waals surface area (Å²) >= 11 is 0. The van der Waals surface area contributed by atoms with Crippen LogP contribution in [0.3, 0.4) is 0 Å². The molecule has 0 fully saturated rings. The van der Waals surface area contributed by atoms with E-state index in [2.05, 4.69) is 27.7 Å². The van der Waals surface area contributed by atoms with Crippen molar-refractivity contribution in [3.8, 4) is 0 Å². The first kappa shape index (κ1) is 15.2. The molecule has 0 amide bonds. The number of hydrogen-bond donors (Lipinski definition) is 0. The minimum Gasteiger partial charge on any atom is -0.147 e. The first-order valence-electron chi connectivity index (χ1n) is 4.91. The predicted molar refractivity (Wildman–Crippen MR) is 64.2 cm³/mol. The topological polar surface area (TPSA) is 0 Å². The minimum absolute atomic E-state index is 0. The van der Waals surface area contributed by atoms with Gasteiger partial charge in [0.05, 0.1) is 0 Å². The zero-order valence-electron chi connectivity index (χ0n) is 8.89. The van der Waals surface area contributed by atoms with Crippen molar-refractivity contribution in [2.45, 2.75) is 40.5 Å². The molecule has 0 spiro atoms. The smallest absolute Gasteiger partial charge is 0.0328 e. The molecule has 0 aromatic heterocycles. The van der Waals surface area contributed by atoms with Gasteiger partial charge in [-0.25, -0.2) is 0 Å². The van der Waals surface area contributed by atoms with E-state index >= 15 is 0 Å². The molecule has 0 aliphatic carbocycles. The van der Waals surface area contributed by atoms with Gasteiger partial charge in [-0.1, -0.05) is 40.5 Å². The normalized spacial score (nSPS) is 16.0. The van der Waals surface area contributed by atoms with Gasteiger partial charge in [0, 0.05) is 0 Å². The van der Waals surface area contributed by atoms with Crippen LogP contribution in [0, 0.1) is 11.8 Å². The van der Waals surface area contributed by atoms with E-state index in [9.17, 15) is 0 Å². The maximum atomic E-state index is 2.36. The summed E-state index contributed by atoms with van der Waals surface area (Å²) < 4.78 is 0. The molecule has 2 heteroatoms. The molecular weight excluding hydrogens is 187 g/mol. The quantitative estimate of drug-likeness (QED) is 0.577. The zero-order valence-corrected chi connectivity index (χ0v) is 10.7. The highest BCUT2D eigenvalue weighted by Crippen LogP contribution is 2.21. The summed E-state index contributed by atoms with van der Waals surface area (Å²) in [4.78, 5) is 0. The molecule has 0 radical (unpaired) electrons. The molecule has 0 saturated heterocycles. The van der Waals surface area contributed by atoms with Gasteiger partial charge in [-0.05, 0) is 24.2 Å². The molecule has 0 N–H and O–H groups in total. The van der Waals surface area contributed by atoms with Crippen molar-refractivity contribution in [2.75, 3.05) is 12.3 Å². The van der Waals surface area contributed by atoms with E-state index in [1.165, 1.54) is 33.7 Å². The summed E-state index contributed by atoms with van der Waals surface area (Å²) in [5.41, 5.74) is 0. The summed E-state index contributed by atoms with van der Waals surface area (Å²) in [6, 6.07) is 0. The van der Waals surface area contributed by atoms with Gasteiger partial charge in [0.25, 0.3) is 0 Å². The van der Waals surface area contributed by atoms with Crippen LogP contribution in [0.1, 0.15) is 40.5 Å². The molecule has 0 saturated carbocycles. The van der Waals surface area contributed by atoms with E-state index in [1.54, 1.807) is 0 Å². The molecule has 0 heterocycles. The van der Waals surface area contributed by atoms with Crippen molar-refractivity contribution in [2.24, 2.45) is 11.8 Å². The summed E-state index contributed by atoms with van der Waals surface area (Å²) in [6.45, 7) is 9.31. The second kappa shape index (κ2) is 9.81. The molecule has 2 unspecified atom stereocenters. The third kappa shape index (κ3) is 8.81. The lowest BCUT2D eigenvalue weighted by Gasteiger charge is -2.11. The molecule has 0 aromatic carbocycles. The number of hydrogen-bond acceptors (Lipinski definition) is 0. The third-order valence-electron chi connectivity index (χ3n) is 2.38. The van der Waals surface area contributed by atoms with Crippen molar-refractivity contribution in [3.63, 3.8) is 0 Å². The second-order valence-corrected chi connectivity index (χ2v) is 5.00. The van der Waals surface area contributed by atoms with Crippen LogP contribution in [0.5, 0.6) is 0 Å². The third-order valence-corrected chi connectivity index (χ3v) is 4.35. The fraction of sp³-hybridized carbons (Fsp3) is 1.00. The van der Waals surface area contributed by atoms with Crippen molar-refractivity contribution < 1.29 is 0 Å². The fourth-order valence-corrected chi connectivity index (χ4v) is 2.59. The lowest BCUT2D eigenvalue weighted by molar-refractivity contribution is 0.617. The molecule has 12 heavy (non-hydrogen) atoms. The molecular formula is C10H24ClP. The lowest BCUT2D eigenvalue weighted by atomic mass is 10.2. The Balaban J connectivity index is 0. The first-order chi connectivity index (χ1) is 5.20. The second-order valence-electron chi connectivity index (χ2n) is 3.69. The Labute approximate surface area is 86.1 Å². The molecule has 0 aromatic rings. The van der Waals surface area contributed by atoms with Crippen LogP contribution in [0.2, 0.25) is 0 Å². The van der Waals surface area contributed by atoms with Gasteiger partial charge in [0.2, 0.25) is 0 Å². The average molecular weight is 211 g/mol. The molecule has 0 rings (SSSR count). The van der Waals surface area contributed by atoms with Crippen molar-refractivity contribution >= 4 is 21.0 Å². The highest BCUT2D eigenvalue weighted by atomic mass is 35.5. The van der Waals surface area contributed by atoms with Crippen LogP contribution in [0.15, 0.2) is 0 Å². The highest BCUT2D eigenvalue weighted by Gasteiger charge is 2.01. The summed E-state index contributed by atoms with van der Waals surface area (Å²) in [7, 11) is 1.21. The largest absolute Gasteiger partial charge is 0.147 e. The van der Waals surface area contributed by atoms with E-state index in [0.717, 1.165) is 11.8 Å². The Bertz CT molecular complexity index is 75.9. The van der Waals surface area contributed by atoms with Crippen LogP contribution >= 0.6 is 21.0 Å². The Morgan fingerprint density at radius 2 is 1.25 bits per heavy atom. The lowest BCUT2D eigenvalue weighted by Crippen LogP contribution is -1.99. The van der Waals surface area contributed by atoms with Crippen molar-refractivity contribution in [1.29, 1.82) is 0 Å². The van der Waals surface area contributed by atoms with Crippen LogP contribution in [0.25, 0.3) is 0 Å². The minimum atomic E-state index is 0. The van der Waals surface area contributed by atoms with Crippen molar-refractivity contribution in [1.82, 2.24) is 0 Å². The van der Waals surface area contributed by atoms with E-state index in [1.807, 2.05) is 0 Å². The number of rotatable bonds is 6. The average Bonchev–Trinajstić information content (AvgIpc) is 2.04. The molecule has 0 bridgehead atoms. The van der Waals surface area contributed by atoms with Gasteiger partial charge in [0.1, 0.15) is 0 Å². The molecule has 0 aliphatic heterocycles. The van der Waals surface area contributed by atoms with Crippen LogP contribution in [-0.4, -0.2) is 12.3 Å². The van der Waals surface area contributed by atoms with Crippen LogP contribution in [-0.2, 0) is 0 Å². The van der Waals surface area contributed by atoms with Gasteiger partial charge in [-0.3, -0.25) is 0 Å². The molecule has 76 valence electrons. The van der Waals surface area contributed by atoms with Gasteiger partial charge in [-0.15, -0.1) is 21.0 Å². The molecule has 0 nitrogen and oxygen atoms in total. The Morgan fingerprint density at radius 1 is 0.917 bits per heavy atom. The van der Waals surface area contributed by atoms with E-state index in [4.69, 9.17) is 0 Å². The highest BCUT2D eigenvalue weighted by molar-refractivity contribution is 7.37. The summed E-state index contributed by atoms with van der Waals surface area (Å²) in [5, 5.41) is 0. The first-order valence-corrected chi connectivity index (χ1v) is 6.32. The maximum absolute atomic E-state index is 2.36. The molecule has 2 atom stereocenters. The SMILES string of the molecule is CCC(C)CPCC(C)CC.Cl. The van der Waals surface area contributed by atoms with E-state index in [0.29, 0.717) is 0 Å². The Kier molecular flexibility index (Phi) is 12.4. The molecule has 0 aliphatic rings. The van der Waals surface area contributed by atoms with Gasteiger partial charge in [-0.2, -0.15) is 0 Å². The van der Waals surface area contributed by atoms with Gasteiger partial charge in [0.15, 0.2) is 0 Å². The summed E-state index contributed by atoms with van der Waals surface area (Å²) in [6.07, 6.45) is 5.63. The fourth-order valence-electron chi connectivity index (χ4n) is 0.865. The standard InChI is InChI=1S/C10H23P.ClH/c1-5-9(3)7-11-8-10(4)6-2;/h9-11H,5-8H2,1-4H3;1H. The predicted octanol–water partition coefficient (Wildman–Crippen LogP) is 4.18. The number of halogens is 1. The van der Waals surface area contributed by atoms with Crippen LogP contribution in [0.4, 0.5) is 0 Å². The van der Waals surface area contributed by atoms with Gasteiger partial charge >= 0.3 is 0 Å². The summed E-state index contributed by atoms with van der Waals surface area (Å²) in [5.74, 6) is 1.91.